The van der Waals surface area contributed by atoms with E-state index < -0.39 is 10.0 Å². The van der Waals surface area contributed by atoms with E-state index in [0.717, 1.165) is 12.8 Å². The van der Waals surface area contributed by atoms with Crippen LogP contribution in [0.4, 0.5) is 0 Å². The summed E-state index contributed by atoms with van der Waals surface area (Å²) in [6.45, 7) is 4.04. The maximum atomic E-state index is 11.5. The molecule has 0 bridgehead atoms. The molecule has 3 nitrogen and oxygen atoms in total. The molecule has 0 heterocycles. The first-order valence-corrected chi connectivity index (χ1v) is 7.12. The van der Waals surface area contributed by atoms with Crippen LogP contribution >= 0.6 is 11.6 Å². The van der Waals surface area contributed by atoms with Crippen LogP contribution in [0.3, 0.4) is 0 Å². The number of nitrogens with one attached hydrogen (secondary N) is 1. The lowest BCUT2D eigenvalue weighted by molar-refractivity contribution is 0.390. The van der Waals surface area contributed by atoms with E-state index in [1.807, 2.05) is 13.8 Å². The Morgan fingerprint density at radius 2 is 2.00 bits per heavy atom. The molecule has 0 unspecified atom stereocenters. The number of hydrogen-bond acceptors (Lipinski definition) is 2. The van der Waals surface area contributed by atoms with Gasteiger partial charge in [0.15, 0.2) is 0 Å². The second kappa shape index (κ2) is 4.81. The molecule has 1 saturated carbocycles. The van der Waals surface area contributed by atoms with E-state index in [-0.39, 0.29) is 17.2 Å². The van der Waals surface area contributed by atoms with Crippen LogP contribution in [0.5, 0.6) is 0 Å². The number of rotatable bonds is 5. The summed E-state index contributed by atoms with van der Waals surface area (Å²) in [5.74, 6) is 0.655. The topological polar surface area (TPSA) is 46.2 Å². The predicted molar refractivity (Wildman–Crippen MR) is 59.0 cm³/mol. The summed E-state index contributed by atoms with van der Waals surface area (Å²) >= 11 is 5.77. The third-order valence-corrected chi connectivity index (χ3v) is 4.21. The highest BCUT2D eigenvalue weighted by Crippen LogP contribution is 2.25. The Morgan fingerprint density at radius 1 is 1.43 bits per heavy atom. The molecule has 0 amide bonds. The summed E-state index contributed by atoms with van der Waals surface area (Å²) in [6.07, 6.45) is 2.25. The van der Waals surface area contributed by atoms with Crippen LogP contribution in [0.1, 0.15) is 33.1 Å². The molecule has 0 radical (unpaired) electrons. The van der Waals surface area contributed by atoms with Gasteiger partial charge in [-0.1, -0.05) is 13.8 Å². The van der Waals surface area contributed by atoms with Crippen LogP contribution in [0.2, 0.25) is 0 Å². The molecule has 0 aliphatic heterocycles. The zero-order valence-electron chi connectivity index (χ0n) is 8.66. The molecule has 0 spiro atoms. The lowest BCUT2D eigenvalue weighted by Crippen LogP contribution is -2.45. The van der Waals surface area contributed by atoms with Gasteiger partial charge in [-0.05, 0) is 25.2 Å². The highest BCUT2D eigenvalue weighted by molar-refractivity contribution is 7.89. The molecule has 0 aromatic carbocycles. The summed E-state index contributed by atoms with van der Waals surface area (Å²) in [4.78, 5) is 0. The van der Waals surface area contributed by atoms with Gasteiger partial charge >= 0.3 is 0 Å². The fraction of sp³-hybridized carbons (Fsp3) is 1.00. The fourth-order valence-corrected chi connectivity index (χ4v) is 3.38. The number of halogens is 1. The smallest absolute Gasteiger partial charge is 0.211 e. The fourth-order valence-electron chi connectivity index (χ4n) is 1.35. The Balaban J connectivity index is 2.28. The Hall–Kier alpha value is 0.200. The van der Waals surface area contributed by atoms with Gasteiger partial charge < -0.3 is 0 Å². The quantitative estimate of drug-likeness (QED) is 0.743. The lowest BCUT2D eigenvalue weighted by atomic mass is 9.94. The largest absolute Gasteiger partial charge is 0.212 e. The molecular formula is C9H18ClNO2S. The third kappa shape index (κ3) is 4.15. The zero-order valence-corrected chi connectivity index (χ0v) is 10.2. The van der Waals surface area contributed by atoms with E-state index in [1.165, 1.54) is 0 Å². The molecule has 0 aromatic rings. The average Bonchev–Trinajstić information content (AvgIpc) is 1.98. The van der Waals surface area contributed by atoms with Crippen molar-refractivity contribution in [3.63, 3.8) is 0 Å². The van der Waals surface area contributed by atoms with Crippen LogP contribution < -0.4 is 4.72 Å². The normalized spacial score (nSPS) is 27.7. The Labute approximate surface area is 91.3 Å². The first-order valence-electron chi connectivity index (χ1n) is 5.03. The van der Waals surface area contributed by atoms with Crippen molar-refractivity contribution in [2.45, 2.75) is 44.5 Å². The van der Waals surface area contributed by atoms with Crippen molar-refractivity contribution in [2.24, 2.45) is 5.92 Å². The molecular weight excluding hydrogens is 222 g/mol. The second-order valence-electron chi connectivity index (χ2n) is 4.38. The molecule has 1 rings (SSSR count). The van der Waals surface area contributed by atoms with Crippen molar-refractivity contribution in [3.8, 4) is 0 Å². The molecule has 0 atom stereocenters. The van der Waals surface area contributed by atoms with Crippen LogP contribution in [-0.2, 0) is 10.0 Å². The minimum Gasteiger partial charge on any atom is -0.212 e. The van der Waals surface area contributed by atoms with Gasteiger partial charge in [-0.3, -0.25) is 0 Å². The van der Waals surface area contributed by atoms with Gasteiger partial charge in [-0.25, -0.2) is 13.1 Å². The lowest BCUT2D eigenvalue weighted by Gasteiger charge is -2.31. The molecule has 1 fully saturated rings. The van der Waals surface area contributed by atoms with E-state index in [2.05, 4.69) is 4.72 Å². The van der Waals surface area contributed by atoms with Gasteiger partial charge in [-0.15, -0.1) is 11.6 Å². The van der Waals surface area contributed by atoms with Crippen LogP contribution in [0.15, 0.2) is 0 Å². The van der Waals surface area contributed by atoms with E-state index >= 15 is 0 Å². The highest BCUT2D eigenvalue weighted by atomic mass is 35.5. The van der Waals surface area contributed by atoms with E-state index in [1.54, 1.807) is 0 Å². The van der Waals surface area contributed by atoms with Crippen LogP contribution in [0.25, 0.3) is 0 Å². The Morgan fingerprint density at radius 3 is 2.43 bits per heavy atom. The maximum Gasteiger partial charge on any atom is 0.211 e. The number of alkyl halides is 1. The average molecular weight is 240 g/mol. The van der Waals surface area contributed by atoms with E-state index in [9.17, 15) is 8.42 Å². The summed E-state index contributed by atoms with van der Waals surface area (Å²) in [7, 11) is -3.07. The molecule has 0 saturated heterocycles. The Kier molecular flexibility index (Phi) is 4.22. The summed E-state index contributed by atoms with van der Waals surface area (Å²) < 4.78 is 25.6. The SMILES string of the molecule is CC(C)CCS(=O)(=O)NC1CC(Cl)C1. The minimum absolute atomic E-state index is 0.0784. The first kappa shape index (κ1) is 12.3. The van der Waals surface area contributed by atoms with Gasteiger partial charge in [-0.2, -0.15) is 0 Å². The van der Waals surface area contributed by atoms with Crippen molar-refractivity contribution in [2.75, 3.05) is 5.75 Å². The van der Waals surface area contributed by atoms with Crippen molar-refractivity contribution < 1.29 is 8.42 Å². The van der Waals surface area contributed by atoms with E-state index in [4.69, 9.17) is 11.6 Å². The van der Waals surface area contributed by atoms with Crippen LogP contribution in [-0.4, -0.2) is 25.6 Å². The maximum absolute atomic E-state index is 11.5. The summed E-state index contributed by atoms with van der Waals surface area (Å²) in [6, 6.07) is 0.0784. The number of sulfonamides is 1. The molecule has 5 heteroatoms. The van der Waals surface area contributed by atoms with Gasteiger partial charge in [0, 0.05) is 11.4 Å². The molecule has 84 valence electrons. The van der Waals surface area contributed by atoms with Crippen molar-refractivity contribution >= 4 is 21.6 Å². The second-order valence-corrected chi connectivity index (χ2v) is 6.88. The molecule has 1 aliphatic rings. The van der Waals surface area contributed by atoms with E-state index in [0.29, 0.717) is 12.3 Å². The van der Waals surface area contributed by atoms with Gasteiger partial charge in [0.25, 0.3) is 0 Å². The third-order valence-electron chi connectivity index (χ3n) is 2.39. The van der Waals surface area contributed by atoms with Crippen molar-refractivity contribution in [3.05, 3.63) is 0 Å². The zero-order chi connectivity index (χ0) is 10.8. The van der Waals surface area contributed by atoms with Crippen molar-refractivity contribution in [1.82, 2.24) is 4.72 Å². The first-order chi connectivity index (χ1) is 6.39. The molecule has 14 heavy (non-hydrogen) atoms. The van der Waals surface area contributed by atoms with Gasteiger partial charge in [0.05, 0.1) is 5.75 Å². The van der Waals surface area contributed by atoms with Crippen molar-refractivity contribution in [1.29, 1.82) is 0 Å². The number of hydrogen-bond donors (Lipinski definition) is 1. The van der Waals surface area contributed by atoms with Crippen LogP contribution in [0, 0.1) is 5.92 Å². The Bertz CT molecular complexity index is 271. The summed E-state index contributed by atoms with van der Waals surface area (Å²) in [5.41, 5.74) is 0. The van der Waals surface area contributed by atoms with Gasteiger partial charge in [0.1, 0.15) is 0 Å². The molecule has 0 aromatic heterocycles. The molecule has 1 N–H and O–H groups in total. The summed E-state index contributed by atoms with van der Waals surface area (Å²) in [5, 5.41) is 0.160. The standard InChI is InChI=1S/C9H18ClNO2S/c1-7(2)3-4-14(12,13)11-9-5-8(10)6-9/h7-9,11H,3-6H2,1-2H3. The highest BCUT2D eigenvalue weighted by Gasteiger charge is 2.30. The monoisotopic (exact) mass is 239 g/mol. The van der Waals surface area contributed by atoms with Gasteiger partial charge in [0.2, 0.25) is 10.0 Å². The molecule has 1 aliphatic carbocycles. The minimum atomic E-state index is -3.07. The predicted octanol–water partition coefficient (Wildman–Crippen LogP) is 1.72.